The lowest BCUT2D eigenvalue weighted by atomic mass is 9.82. The number of hydrogen-bond acceptors (Lipinski definition) is 7. The zero-order chi connectivity index (χ0) is 19.8. The van der Waals surface area contributed by atoms with Gasteiger partial charge in [-0.3, -0.25) is 0 Å². The summed E-state index contributed by atoms with van der Waals surface area (Å²) in [4.78, 5) is 23.8. The molecule has 3 rings (SSSR count). The fourth-order valence-corrected chi connectivity index (χ4v) is 3.79. The second kappa shape index (κ2) is 7.58. The lowest BCUT2D eigenvalue weighted by Gasteiger charge is -2.26. The van der Waals surface area contributed by atoms with E-state index in [0.717, 1.165) is 11.1 Å². The molecule has 7 nitrogen and oxygen atoms in total. The van der Waals surface area contributed by atoms with Crippen LogP contribution in [0, 0.1) is 5.92 Å². The first-order chi connectivity index (χ1) is 12.8. The molecule has 5 atom stereocenters. The number of epoxide rings is 1. The van der Waals surface area contributed by atoms with Crippen molar-refractivity contribution >= 4 is 11.9 Å². The third kappa shape index (κ3) is 4.00. The van der Waals surface area contributed by atoms with Crippen LogP contribution in [0.25, 0.3) is 0 Å². The summed E-state index contributed by atoms with van der Waals surface area (Å²) in [6.07, 6.45) is 2.57. The van der Waals surface area contributed by atoms with E-state index in [2.05, 4.69) is 6.58 Å². The van der Waals surface area contributed by atoms with E-state index in [0.29, 0.717) is 18.4 Å². The first-order valence-corrected chi connectivity index (χ1v) is 9.13. The van der Waals surface area contributed by atoms with Crippen LogP contribution in [0.1, 0.15) is 33.1 Å². The number of aliphatic hydroxyl groups is 2. The molecule has 2 heterocycles. The molecule has 2 aliphatic heterocycles. The molecular formula is C20H26O7. The molecule has 1 aliphatic carbocycles. The van der Waals surface area contributed by atoms with Crippen molar-refractivity contribution < 1.29 is 34.0 Å². The van der Waals surface area contributed by atoms with E-state index < -0.39 is 29.7 Å². The smallest absolute Gasteiger partial charge is 0.334 e. The first kappa shape index (κ1) is 19.8. The summed E-state index contributed by atoms with van der Waals surface area (Å²) in [6, 6.07) is 0. The van der Waals surface area contributed by atoms with Crippen molar-refractivity contribution in [3.63, 3.8) is 0 Å². The van der Waals surface area contributed by atoms with Crippen LogP contribution < -0.4 is 0 Å². The van der Waals surface area contributed by atoms with Gasteiger partial charge in [-0.15, -0.1) is 0 Å². The molecule has 7 heteroatoms. The maximum Gasteiger partial charge on any atom is 0.334 e. The van der Waals surface area contributed by atoms with Gasteiger partial charge in [-0.25, -0.2) is 9.59 Å². The van der Waals surface area contributed by atoms with E-state index in [1.165, 1.54) is 6.08 Å². The number of fused-ring (bicyclic) bond motifs is 2. The van der Waals surface area contributed by atoms with Crippen molar-refractivity contribution in [3.8, 4) is 0 Å². The van der Waals surface area contributed by atoms with Crippen molar-refractivity contribution in [3.05, 3.63) is 35.5 Å². The van der Waals surface area contributed by atoms with E-state index >= 15 is 0 Å². The van der Waals surface area contributed by atoms with Gasteiger partial charge in [0.05, 0.1) is 18.8 Å². The Morgan fingerprint density at radius 1 is 1.48 bits per heavy atom. The zero-order valence-corrected chi connectivity index (χ0v) is 15.6. The Hall–Kier alpha value is -1.96. The standard InChI is InChI=1S/C20H26O7/c1-11(2)6-18(23)25-10-20-16(22)8-14-12(3)19(24)26-15(14)7-13(9-21)4-5-17(20)27-20/h4,6,14-17,21-22H,3,5,7-10H2,1-2H3. The average molecular weight is 378 g/mol. The Labute approximate surface area is 158 Å². The molecule has 148 valence electrons. The van der Waals surface area contributed by atoms with E-state index in [1.54, 1.807) is 13.8 Å². The van der Waals surface area contributed by atoms with Crippen LogP contribution in [0.3, 0.4) is 0 Å². The summed E-state index contributed by atoms with van der Waals surface area (Å²) < 4.78 is 16.5. The lowest BCUT2D eigenvalue weighted by Crippen LogP contribution is -2.40. The highest BCUT2D eigenvalue weighted by atomic mass is 16.7. The predicted octanol–water partition coefficient (Wildman–Crippen LogP) is 1.19. The minimum absolute atomic E-state index is 0.0809. The van der Waals surface area contributed by atoms with Crippen LogP contribution in [0.5, 0.6) is 0 Å². The summed E-state index contributed by atoms with van der Waals surface area (Å²) >= 11 is 0. The lowest BCUT2D eigenvalue weighted by molar-refractivity contribution is -0.142. The van der Waals surface area contributed by atoms with Gasteiger partial charge in [0, 0.05) is 24.0 Å². The molecule has 0 radical (unpaired) electrons. The van der Waals surface area contributed by atoms with Gasteiger partial charge in [0.2, 0.25) is 0 Å². The fraction of sp³-hybridized carbons (Fsp3) is 0.600. The number of aliphatic hydroxyl groups excluding tert-OH is 2. The molecule has 27 heavy (non-hydrogen) atoms. The highest BCUT2D eigenvalue weighted by Crippen LogP contribution is 2.47. The van der Waals surface area contributed by atoms with Gasteiger partial charge in [0.1, 0.15) is 12.7 Å². The van der Waals surface area contributed by atoms with Gasteiger partial charge in [-0.2, -0.15) is 0 Å². The minimum atomic E-state index is -1.02. The summed E-state index contributed by atoms with van der Waals surface area (Å²) in [5.74, 6) is -1.35. The summed E-state index contributed by atoms with van der Waals surface area (Å²) in [7, 11) is 0. The van der Waals surface area contributed by atoms with Crippen LogP contribution in [0.4, 0.5) is 0 Å². The number of hydrogen-bond donors (Lipinski definition) is 2. The Balaban J connectivity index is 1.81. The highest BCUT2D eigenvalue weighted by Gasteiger charge is 2.62. The second-order valence-electron chi connectivity index (χ2n) is 7.68. The number of carbonyl (C=O) groups excluding carboxylic acids is 2. The molecule has 5 unspecified atom stereocenters. The van der Waals surface area contributed by atoms with Crippen molar-refractivity contribution in [1.82, 2.24) is 0 Å². The van der Waals surface area contributed by atoms with Crippen molar-refractivity contribution in [2.24, 2.45) is 5.92 Å². The minimum Gasteiger partial charge on any atom is -0.459 e. The van der Waals surface area contributed by atoms with E-state index in [1.807, 2.05) is 6.08 Å². The van der Waals surface area contributed by atoms with E-state index in [9.17, 15) is 19.8 Å². The zero-order valence-electron chi connectivity index (χ0n) is 15.6. The second-order valence-corrected chi connectivity index (χ2v) is 7.68. The van der Waals surface area contributed by atoms with Crippen molar-refractivity contribution in [2.45, 2.75) is 57.0 Å². The third-order valence-corrected chi connectivity index (χ3v) is 5.44. The summed E-state index contributed by atoms with van der Waals surface area (Å²) in [5.41, 5.74) is 0.852. The third-order valence-electron chi connectivity index (χ3n) is 5.44. The van der Waals surface area contributed by atoms with Crippen molar-refractivity contribution in [2.75, 3.05) is 13.2 Å². The van der Waals surface area contributed by atoms with E-state index in [-0.39, 0.29) is 31.7 Å². The molecule has 0 aromatic heterocycles. The van der Waals surface area contributed by atoms with E-state index in [4.69, 9.17) is 14.2 Å². The van der Waals surface area contributed by atoms with Crippen LogP contribution in [-0.4, -0.2) is 59.3 Å². The maximum atomic E-state index is 11.9. The molecule has 0 saturated carbocycles. The normalized spacial score (nSPS) is 35.3. The molecule has 0 bridgehead atoms. The SMILES string of the molecule is C=C1C(=O)OC2CC(CO)=CCC3OC3(COC(=O)C=C(C)C)C(O)CC12. The number of carbonyl (C=O) groups is 2. The van der Waals surface area contributed by atoms with Crippen LogP contribution in [-0.2, 0) is 23.8 Å². The Kier molecular flexibility index (Phi) is 5.55. The van der Waals surface area contributed by atoms with Gasteiger partial charge in [-0.1, -0.05) is 18.2 Å². The summed E-state index contributed by atoms with van der Waals surface area (Å²) in [5, 5.41) is 20.5. The molecule has 0 aromatic carbocycles. The van der Waals surface area contributed by atoms with Gasteiger partial charge in [0.15, 0.2) is 5.60 Å². The molecule has 0 spiro atoms. The maximum absolute atomic E-state index is 11.9. The number of allylic oxidation sites excluding steroid dienone is 1. The first-order valence-electron chi connectivity index (χ1n) is 9.13. The molecule has 2 fully saturated rings. The molecule has 2 saturated heterocycles. The van der Waals surface area contributed by atoms with Gasteiger partial charge < -0.3 is 24.4 Å². The van der Waals surface area contributed by atoms with Gasteiger partial charge in [0.25, 0.3) is 0 Å². The topological polar surface area (TPSA) is 106 Å². The molecule has 0 aromatic rings. The van der Waals surface area contributed by atoms with Crippen LogP contribution >= 0.6 is 0 Å². The Bertz CT molecular complexity index is 703. The molecule has 2 N–H and O–H groups in total. The average Bonchev–Trinajstić information content (AvgIpc) is 3.27. The predicted molar refractivity (Wildman–Crippen MR) is 95.5 cm³/mol. The Morgan fingerprint density at radius 2 is 2.22 bits per heavy atom. The van der Waals surface area contributed by atoms with Crippen molar-refractivity contribution in [1.29, 1.82) is 0 Å². The number of rotatable bonds is 4. The van der Waals surface area contributed by atoms with Gasteiger partial charge in [-0.05, 0) is 32.3 Å². The van der Waals surface area contributed by atoms with Crippen LogP contribution in [0.15, 0.2) is 35.5 Å². The Morgan fingerprint density at radius 3 is 2.89 bits per heavy atom. The monoisotopic (exact) mass is 378 g/mol. The summed E-state index contributed by atoms with van der Waals surface area (Å²) in [6.45, 7) is 7.15. The highest BCUT2D eigenvalue weighted by molar-refractivity contribution is 5.90. The quantitative estimate of drug-likeness (QED) is 0.328. The number of esters is 2. The van der Waals surface area contributed by atoms with Gasteiger partial charge >= 0.3 is 11.9 Å². The molecular weight excluding hydrogens is 352 g/mol. The molecule has 3 aliphatic rings. The fourth-order valence-electron chi connectivity index (χ4n) is 3.79. The number of ether oxygens (including phenoxy) is 3. The molecule has 0 amide bonds. The van der Waals surface area contributed by atoms with Crippen LogP contribution in [0.2, 0.25) is 0 Å². The largest absolute Gasteiger partial charge is 0.459 e.